The monoisotopic (exact) mass is 512 g/mol. The van der Waals surface area contributed by atoms with Gasteiger partial charge in [-0.3, -0.25) is 14.5 Å². The second kappa shape index (κ2) is 11.8. The summed E-state index contributed by atoms with van der Waals surface area (Å²) in [5.41, 5.74) is 4.05. The molecule has 1 aromatic carbocycles. The van der Waals surface area contributed by atoms with E-state index in [4.69, 9.17) is 0 Å². The number of nitrogens with zero attached hydrogens (tertiary/aromatic N) is 4. The van der Waals surface area contributed by atoms with Gasteiger partial charge in [-0.25, -0.2) is 0 Å². The van der Waals surface area contributed by atoms with Gasteiger partial charge in [-0.05, 0) is 25.0 Å². The van der Waals surface area contributed by atoms with E-state index in [2.05, 4.69) is 45.7 Å². The van der Waals surface area contributed by atoms with Crippen LogP contribution < -0.4 is 10.6 Å². The molecular formula is C21H33IN6O. The van der Waals surface area contributed by atoms with Crippen LogP contribution >= 0.6 is 24.0 Å². The molecule has 2 N–H and O–H groups in total. The third-order valence-electron chi connectivity index (χ3n) is 4.44. The van der Waals surface area contributed by atoms with Crippen LogP contribution in [0.15, 0.2) is 35.5 Å². The first-order valence-electron chi connectivity index (χ1n) is 9.61. The van der Waals surface area contributed by atoms with Crippen LogP contribution in [0.1, 0.15) is 46.9 Å². The topological polar surface area (TPSA) is 74.6 Å². The summed E-state index contributed by atoms with van der Waals surface area (Å²) in [6, 6.07) is 7.58. The Labute approximate surface area is 191 Å². The van der Waals surface area contributed by atoms with E-state index in [1.807, 2.05) is 50.0 Å². The zero-order valence-corrected chi connectivity index (χ0v) is 20.5. The molecule has 0 unspecified atom stereocenters. The summed E-state index contributed by atoms with van der Waals surface area (Å²) < 4.78 is 1.86. The number of hydrogen-bond acceptors (Lipinski definition) is 3. The predicted molar refractivity (Wildman–Crippen MR) is 129 cm³/mol. The molecule has 0 radical (unpaired) electrons. The molecule has 0 spiro atoms. The Hall–Kier alpha value is -2.10. The molecule has 0 saturated carbocycles. The van der Waals surface area contributed by atoms with E-state index in [-0.39, 0.29) is 29.9 Å². The Morgan fingerprint density at radius 1 is 1.28 bits per heavy atom. The quantitative estimate of drug-likeness (QED) is 0.259. The third kappa shape index (κ3) is 7.34. The van der Waals surface area contributed by atoms with E-state index in [9.17, 15) is 4.79 Å². The van der Waals surface area contributed by atoms with E-state index in [1.165, 1.54) is 5.56 Å². The Balaban J connectivity index is 0.00000420. The van der Waals surface area contributed by atoms with Crippen LogP contribution in [-0.4, -0.2) is 53.7 Å². The van der Waals surface area contributed by atoms with Gasteiger partial charge in [-0.2, -0.15) is 5.10 Å². The lowest BCUT2D eigenvalue weighted by Gasteiger charge is -2.22. The molecule has 0 fully saturated rings. The average molecular weight is 512 g/mol. The van der Waals surface area contributed by atoms with Crippen molar-refractivity contribution in [2.45, 2.75) is 33.2 Å². The van der Waals surface area contributed by atoms with Gasteiger partial charge in [0.2, 0.25) is 0 Å². The number of aromatic nitrogens is 2. The highest BCUT2D eigenvalue weighted by Crippen LogP contribution is 2.18. The summed E-state index contributed by atoms with van der Waals surface area (Å²) in [4.78, 5) is 18.6. The van der Waals surface area contributed by atoms with Gasteiger partial charge in [0.25, 0.3) is 5.91 Å². The van der Waals surface area contributed by atoms with Crippen molar-refractivity contribution in [3.8, 4) is 0 Å². The van der Waals surface area contributed by atoms with Crippen molar-refractivity contribution in [1.82, 2.24) is 25.3 Å². The van der Waals surface area contributed by atoms with Gasteiger partial charge in [-0.1, -0.05) is 31.5 Å². The fraction of sp³-hybridized carbons (Fsp3) is 0.476. The molecule has 1 amide bonds. The zero-order valence-electron chi connectivity index (χ0n) is 18.2. The molecule has 0 aliphatic rings. The molecular weight excluding hydrogens is 479 g/mol. The second-order valence-corrected chi connectivity index (χ2v) is 7.32. The SMILES string of the molecule is CN=C(NCCNC(=O)c1cccc(C)c1)N(C)Cc1cn(C)nc1C(C)C.I. The van der Waals surface area contributed by atoms with E-state index in [1.54, 1.807) is 7.05 Å². The molecule has 2 aromatic rings. The average Bonchev–Trinajstić information content (AvgIpc) is 3.02. The molecule has 0 saturated heterocycles. The normalized spacial score (nSPS) is 11.2. The minimum absolute atomic E-state index is 0. The number of carbonyl (C=O) groups is 1. The summed E-state index contributed by atoms with van der Waals surface area (Å²) in [5, 5.41) is 10.8. The van der Waals surface area contributed by atoms with E-state index in [0.717, 1.165) is 23.8 Å². The highest BCUT2D eigenvalue weighted by atomic mass is 127. The number of benzene rings is 1. The summed E-state index contributed by atoms with van der Waals surface area (Å²) in [7, 11) is 5.70. The molecule has 160 valence electrons. The number of amides is 1. The molecule has 0 atom stereocenters. The molecule has 1 aromatic heterocycles. The fourth-order valence-corrected chi connectivity index (χ4v) is 3.12. The standard InChI is InChI=1S/C21H32N6O.HI/c1-15(2)19-18(14-27(6)25-19)13-26(5)21(22-4)24-11-10-23-20(28)17-9-7-8-16(3)12-17;/h7-9,12,14-15H,10-11,13H2,1-6H3,(H,22,24)(H,23,28);1H. The van der Waals surface area contributed by atoms with Crippen molar-refractivity contribution in [3.05, 3.63) is 52.8 Å². The van der Waals surface area contributed by atoms with Gasteiger partial charge in [0.1, 0.15) is 0 Å². The summed E-state index contributed by atoms with van der Waals surface area (Å²) in [6.45, 7) is 8.11. The summed E-state index contributed by atoms with van der Waals surface area (Å²) >= 11 is 0. The lowest BCUT2D eigenvalue weighted by Crippen LogP contribution is -2.42. The molecule has 2 rings (SSSR count). The predicted octanol–water partition coefficient (Wildman–Crippen LogP) is 2.91. The first-order chi connectivity index (χ1) is 13.3. The molecule has 0 bridgehead atoms. The number of nitrogens with one attached hydrogen (secondary N) is 2. The Kier molecular flexibility index (Phi) is 10.1. The highest BCUT2D eigenvalue weighted by Gasteiger charge is 2.15. The first kappa shape index (κ1) is 24.9. The van der Waals surface area contributed by atoms with E-state index in [0.29, 0.717) is 24.6 Å². The van der Waals surface area contributed by atoms with Crippen molar-refractivity contribution < 1.29 is 4.79 Å². The van der Waals surface area contributed by atoms with Gasteiger partial charge >= 0.3 is 0 Å². The molecule has 0 aliphatic carbocycles. The number of carbonyl (C=O) groups excluding carboxylic acids is 1. The summed E-state index contributed by atoms with van der Waals surface area (Å²) in [6.07, 6.45) is 2.06. The smallest absolute Gasteiger partial charge is 0.251 e. The zero-order chi connectivity index (χ0) is 20.7. The molecule has 1 heterocycles. The third-order valence-corrected chi connectivity index (χ3v) is 4.44. The van der Waals surface area contributed by atoms with Crippen LogP contribution in [-0.2, 0) is 13.6 Å². The van der Waals surface area contributed by atoms with Crippen LogP contribution in [0, 0.1) is 6.92 Å². The maximum Gasteiger partial charge on any atom is 0.251 e. The second-order valence-electron chi connectivity index (χ2n) is 7.32. The molecule has 7 nitrogen and oxygen atoms in total. The van der Waals surface area contributed by atoms with Gasteiger partial charge in [-0.15, -0.1) is 24.0 Å². The van der Waals surface area contributed by atoms with Gasteiger partial charge in [0, 0.05) is 58.1 Å². The minimum atomic E-state index is -0.0641. The largest absolute Gasteiger partial charge is 0.354 e. The van der Waals surface area contributed by atoms with Crippen LogP contribution in [0.5, 0.6) is 0 Å². The lowest BCUT2D eigenvalue weighted by atomic mass is 10.1. The number of hydrogen-bond donors (Lipinski definition) is 2. The summed E-state index contributed by atoms with van der Waals surface area (Å²) in [5.74, 6) is 1.09. The van der Waals surface area contributed by atoms with Crippen LogP contribution in [0.4, 0.5) is 0 Å². The lowest BCUT2D eigenvalue weighted by molar-refractivity contribution is 0.0954. The van der Waals surface area contributed by atoms with Crippen molar-refractivity contribution in [1.29, 1.82) is 0 Å². The maximum absolute atomic E-state index is 12.2. The fourth-order valence-electron chi connectivity index (χ4n) is 3.12. The maximum atomic E-state index is 12.2. The first-order valence-corrected chi connectivity index (χ1v) is 9.61. The number of aliphatic imine (C=N–C) groups is 1. The van der Waals surface area contributed by atoms with Crippen molar-refractivity contribution in [2.75, 3.05) is 27.2 Å². The Morgan fingerprint density at radius 2 is 1.97 bits per heavy atom. The number of rotatable bonds is 7. The van der Waals surface area contributed by atoms with Crippen molar-refractivity contribution in [2.24, 2.45) is 12.0 Å². The molecule has 29 heavy (non-hydrogen) atoms. The van der Waals surface area contributed by atoms with Gasteiger partial charge in [0.15, 0.2) is 5.96 Å². The Morgan fingerprint density at radius 3 is 2.59 bits per heavy atom. The van der Waals surface area contributed by atoms with Crippen LogP contribution in [0.25, 0.3) is 0 Å². The number of halogens is 1. The molecule has 0 aliphatic heterocycles. The Bertz CT molecular complexity index is 830. The van der Waals surface area contributed by atoms with E-state index < -0.39 is 0 Å². The van der Waals surface area contributed by atoms with Crippen molar-refractivity contribution in [3.63, 3.8) is 0 Å². The van der Waals surface area contributed by atoms with Crippen molar-refractivity contribution >= 4 is 35.8 Å². The van der Waals surface area contributed by atoms with Gasteiger partial charge in [0.05, 0.1) is 5.69 Å². The number of aryl methyl sites for hydroxylation is 2. The van der Waals surface area contributed by atoms with Gasteiger partial charge < -0.3 is 15.5 Å². The highest BCUT2D eigenvalue weighted by molar-refractivity contribution is 14.0. The number of guanidine groups is 1. The van der Waals surface area contributed by atoms with Crippen LogP contribution in [0.3, 0.4) is 0 Å². The molecule has 8 heteroatoms. The minimum Gasteiger partial charge on any atom is -0.354 e. The van der Waals surface area contributed by atoms with Crippen LogP contribution in [0.2, 0.25) is 0 Å². The van der Waals surface area contributed by atoms with E-state index >= 15 is 0 Å².